The lowest BCUT2D eigenvalue weighted by Gasteiger charge is -2.08. The van der Waals surface area contributed by atoms with Gasteiger partial charge >= 0.3 is 5.82 Å². The van der Waals surface area contributed by atoms with Gasteiger partial charge in [0.15, 0.2) is 5.82 Å². The van der Waals surface area contributed by atoms with E-state index >= 15 is 0 Å². The molecule has 0 aromatic carbocycles. The van der Waals surface area contributed by atoms with E-state index in [4.69, 9.17) is 0 Å². The maximum atomic E-state index is 11.2. The fourth-order valence-electron chi connectivity index (χ4n) is 1.94. The highest BCUT2D eigenvalue weighted by atomic mass is 16.6. The van der Waals surface area contributed by atoms with Gasteiger partial charge in [-0.05, 0) is 11.8 Å². The van der Waals surface area contributed by atoms with Crippen molar-refractivity contribution in [2.24, 2.45) is 0 Å². The average Bonchev–Trinajstić information content (AvgIpc) is 2.56. The standard InChI is InChI=1S/C12H21N3O3/c1-7(2)10-12(15(17)18)14(6-9(5)16)11(13-10)8(3)4/h7-9,16H,6H2,1-5H3. The molecule has 1 heterocycles. The SMILES string of the molecule is CC(O)Cn1c(C(C)C)nc(C(C)C)c1[N+](=O)[O-]. The van der Waals surface area contributed by atoms with Crippen LogP contribution in [0.1, 0.15) is 58.0 Å². The molecule has 1 atom stereocenters. The van der Waals surface area contributed by atoms with Gasteiger partial charge in [-0.25, -0.2) is 9.55 Å². The first-order valence-corrected chi connectivity index (χ1v) is 6.18. The van der Waals surface area contributed by atoms with Crippen LogP contribution in [0.5, 0.6) is 0 Å². The van der Waals surface area contributed by atoms with Gasteiger partial charge < -0.3 is 15.2 Å². The highest BCUT2D eigenvalue weighted by molar-refractivity contribution is 5.34. The summed E-state index contributed by atoms with van der Waals surface area (Å²) in [5, 5.41) is 20.7. The molecular formula is C12H21N3O3. The number of imidazole rings is 1. The van der Waals surface area contributed by atoms with Crippen LogP contribution in [0.25, 0.3) is 0 Å². The molecule has 0 spiro atoms. The normalized spacial score (nSPS) is 13.3. The highest BCUT2D eigenvalue weighted by Gasteiger charge is 2.30. The second kappa shape index (κ2) is 5.48. The van der Waals surface area contributed by atoms with Crippen molar-refractivity contribution in [3.63, 3.8) is 0 Å². The van der Waals surface area contributed by atoms with Crippen molar-refractivity contribution in [2.45, 2.75) is 59.1 Å². The quantitative estimate of drug-likeness (QED) is 0.647. The molecule has 1 N–H and O–H groups in total. The smallest absolute Gasteiger partial charge is 0.346 e. The lowest BCUT2D eigenvalue weighted by Crippen LogP contribution is -2.17. The Morgan fingerprint density at radius 1 is 1.28 bits per heavy atom. The minimum atomic E-state index is -0.643. The van der Waals surface area contributed by atoms with Crippen LogP contribution in [0.3, 0.4) is 0 Å². The summed E-state index contributed by atoms with van der Waals surface area (Å²) in [4.78, 5) is 15.2. The lowest BCUT2D eigenvalue weighted by molar-refractivity contribution is -0.393. The Bertz CT molecular complexity index is 436. The van der Waals surface area contributed by atoms with Gasteiger partial charge in [0.2, 0.25) is 0 Å². The van der Waals surface area contributed by atoms with Gasteiger partial charge in [-0.1, -0.05) is 27.7 Å². The van der Waals surface area contributed by atoms with Gasteiger partial charge in [0.1, 0.15) is 12.2 Å². The van der Waals surface area contributed by atoms with Crippen molar-refractivity contribution >= 4 is 5.82 Å². The summed E-state index contributed by atoms with van der Waals surface area (Å²) in [5.41, 5.74) is 0.490. The molecule has 0 saturated carbocycles. The zero-order valence-corrected chi connectivity index (χ0v) is 11.5. The number of aliphatic hydroxyl groups is 1. The van der Waals surface area contributed by atoms with E-state index in [1.165, 1.54) is 4.57 Å². The van der Waals surface area contributed by atoms with Gasteiger partial charge in [0.25, 0.3) is 0 Å². The molecule has 0 fully saturated rings. The maximum Gasteiger partial charge on any atom is 0.346 e. The van der Waals surface area contributed by atoms with E-state index in [0.29, 0.717) is 11.5 Å². The number of aromatic nitrogens is 2. The predicted molar refractivity (Wildman–Crippen MR) is 68.7 cm³/mol. The molecule has 6 nitrogen and oxygen atoms in total. The number of aliphatic hydroxyl groups excluding tert-OH is 1. The second-order valence-electron chi connectivity index (χ2n) is 5.20. The molecule has 0 aliphatic rings. The maximum absolute atomic E-state index is 11.2. The minimum absolute atomic E-state index is 0.00889. The molecule has 1 rings (SSSR count). The first-order valence-electron chi connectivity index (χ1n) is 6.18. The molecule has 0 aliphatic carbocycles. The first kappa shape index (κ1) is 14.6. The summed E-state index contributed by atoms with van der Waals surface area (Å²) in [7, 11) is 0. The minimum Gasteiger partial charge on any atom is -0.389 e. The lowest BCUT2D eigenvalue weighted by atomic mass is 10.1. The fraction of sp³-hybridized carbons (Fsp3) is 0.750. The molecule has 0 saturated heterocycles. The van der Waals surface area contributed by atoms with Gasteiger partial charge in [-0.3, -0.25) is 0 Å². The van der Waals surface area contributed by atoms with Crippen molar-refractivity contribution < 1.29 is 10.0 Å². The fourth-order valence-corrected chi connectivity index (χ4v) is 1.94. The van der Waals surface area contributed by atoms with Crippen molar-refractivity contribution in [2.75, 3.05) is 0 Å². The van der Waals surface area contributed by atoms with E-state index in [0.717, 1.165) is 0 Å². The average molecular weight is 255 g/mol. The number of nitro groups is 1. The Morgan fingerprint density at radius 2 is 1.83 bits per heavy atom. The number of hydrogen-bond donors (Lipinski definition) is 1. The Kier molecular flexibility index (Phi) is 4.45. The summed E-state index contributed by atoms with van der Waals surface area (Å²) in [5.74, 6) is 0.731. The molecule has 0 radical (unpaired) electrons. The van der Waals surface area contributed by atoms with E-state index in [1.807, 2.05) is 27.7 Å². The van der Waals surface area contributed by atoms with E-state index < -0.39 is 11.0 Å². The molecule has 6 heteroatoms. The van der Waals surface area contributed by atoms with Crippen molar-refractivity contribution in [1.82, 2.24) is 9.55 Å². The summed E-state index contributed by atoms with van der Waals surface area (Å²) in [6.45, 7) is 9.45. The van der Waals surface area contributed by atoms with Crippen LogP contribution in [-0.4, -0.2) is 25.7 Å². The molecular weight excluding hydrogens is 234 g/mol. The molecule has 1 unspecified atom stereocenters. The highest BCUT2D eigenvalue weighted by Crippen LogP contribution is 2.30. The van der Waals surface area contributed by atoms with E-state index in [-0.39, 0.29) is 24.2 Å². The third-order valence-electron chi connectivity index (χ3n) is 2.68. The molecule has 18 heavy (non-hydrogen) atoms. The Morgan fingerprint density at radius 3 is 2.17 bits per heavy atom. The molecule has 0 aliphatic heterocycles. The summed E-state index contributed by atoms with van der Waals surface area (Å²) in [6, 6.07) is 0. The zero-order chi connectivity index (χ0) is 14.0. The molecule has 1 aromatic rings. The summed E-state index contributed by atoms with van der Waals surface area (Å²) in [6.07, 6.45) is -0.643. The van der Waals surface area contributed by atoms with Gasteiger partial charge in [0.05, 0.1) is 6.10 Å². The topological polar surface area (TPSA) is 81.2 Å². The number of hydrogen-bond acceptors (Lipinski definition) is 4. The Balaban J connectivity index is 3.45. The van der Waals surface area contributed by atoms with Crippen LogP contribution in [-0.2, 0) is 6.54 Å². The van der Waals surface area contributed by atoms with Crippen LogP contribution < -0.4 is 0 Å². The van der Waals surface area contributed by atoms with Gasteiger partial charge in [-0.15, -0.1) is 0 Å². The summed E-state index contributed by atoms with van der Waals surface area (Å²) < 4.78 is 1.53. The van der Waals surface area contributed by atoms with Gasteiger partial charge in [-0.2, -0.15) is 0 Å². The predicted octanol–water partition coefficient (Wildman–Crippen LogP) is 2.42. The number of rotatable bonds is 5. The van der Waals surface area contributed by atoms with Crippen LogP contribution >= 0.6 is 0 Å². The summed E-state index contributed by atoms with van der Waals surface area (Å²) >= 11 is 0. The van der Waals surface area contributed by atoms with Crippen LogP contribution in [0.4, 0.5) is 5.82 Å². The van der Waals surface area contributed by atoms with E-state index in [9.17, 15) is 15.2 Å². The van der Waals surface area contributed by atoms with E-state index in [1.54, 1.807) is 6.92 Å². The van der Waals surface area contributed by atoms with Crippen molar-refractivity contribution in [3.8, 4) is 0 Å². The third kappa shape index (κ3) is 2.87. The Labute approximate surface area is 107 Å². The van der Waals surface area contributed by atoms with Crippen molar-refractivity contribution in [3.05, 3.63) is 21.6 Å². The van der Waals surface area contributed by atoms with Crippen LogP contribution in [0.2, 0.25) is 0 Å². The largest absolute Gasteiger partial charge is 0.389 e. The molecule has 0 bridgehead atoms. The van der Waals surface area contributed by atoms with Gasteiger partial charge in [0, 0.05) is 11.8 Å². The van der Waals surface area contributed by atoms with Crippen molar-refractivity contribution in [1.29, 1.82) is 0 Å². The van der Waals surface area contributed by atoms with Crippen LogP contribution in [0, 0.1) is 10.1 Å². The molecule has 0 amide bonds. The first-order chi connectivity index (χ1) is 8.25. The van der Waals surface area contributed by atoms with Crippen LogP contribution in [0.15, 0.2) is 0 Å². The molecule has 1 aromatic heterocycles. The Hall–Kier alpha value is -1.43. The van der Waals surface area contributed by atoms with E-state index in [2.05, 4.69) is 4.98 Å². The zero-order valence-electron chi connectivity index (χ0n) is 11.5. The third-order valence-corrected chi connectivity index (χ3v) is 2.68. The second-order valence-corrected chi connectivity index (χ2v) is 5.20. The monoisotopic (exact) mass is 255 g/mol. The number of nitrogens with zero attached hydrogens (tertiary/aromatic N) is 3. The molecule has 102 valence electrons.